The van der Waals surface area contributed by atoms with Crippen molar-refractivity contribution in [2.75, 3.05) is 5.32 Å². The zero-order valence-electron chi connectivity index (χ0n) is 12.8. The fraction of sp³-hybridized carbons (Fsp3) is 0.235. The lowest BCUT2D eigenvalue weighted by atomic mass is 9.87. The van der Waals surface area contributed by atoms with Gasteiger partial charge in [0.05, 0.1) is 10.8 Å². The van der Waals surface area contributed by atoms with Crippen molar-refractivity contribution in [1.82, 2.24) is 0 Å². The van der Waals surface area contributed by atoms with Crippen molar-refractivity contribution in [3.8, 4) is 0 Å². The minimum atomic E-state index is -0.445. The Hall–Kier alpha value is -1.96. The highest BCUT2D eigenvalue weighted by atomic mass is 127. The molecular formula is C17H17IN2O3. The average molecular weight is 424 g/mol. The van der Waals surface area contributed by atoms with Gasteiger partial charge in [-0.1, -0.05) is 26.0 Å². The number of amides is 1. The molecule has 1 N–H and O–H groups in total. The molecular weight excluding hydrogens is 407 g/mol. The SMILES string of the molecule is CC(C)C(C(=O)Nc1ccc(I)cc1)c1ccc([N+](=O)[O-])cc1. The fourth-order valence-electron chi connectivity index (χ4n) is 2.40. The molecule has 5 nitrogen and oxygen atoms in total. The maximum atomic E-state index is 12.6. The van der Waals surface area contributed by atoms with Gasteiger partial charge in [-0.05, 0) is 58.3 Å². The molecule has 1 atom stereocenters. The maximum Gasteiger partial charge on any atom is 0.269 e. The first-order valence-corrected chi connectivity index (χ1v) is 8.27. The zero-order valence-corrected chi connectivity index (χ0v) is 15.0. The quantitative estimate of drug-likeness (QED) is 0.434. The van der Waals surface area contributed by atoms with E-state index in [4.69, 9.17) is 0 Å². The summed E-state index contributed by atoms with van der Waals surface area (Å²) >= 11 is 2.20. The molecule has 6 heteroatoms. The van der Waals surface area contributed by atoms with Crippen LogP contribution in [0.4, 0.5) is 11.4 Å². The molecule has 1 unspecified atom stereocenters. The van der Waals surface area contributed by atoms with Gasteiger partial charge in [0.1, 0.15) is 0 Å². The normalized spacial score (nSPS) is 12.0. The van der Waals surface area contributed by atoms with Crippen LogP contribution >= 0.6 is 22.6 Å². The van der Waals surface area contributed by atoms with Crippen molar-refractivity contribution in [2.45, 2.75) is 19.8 Å². The maximum absolute atomic E-state index is 12.6. The third-order valence-corrected chi connectivity index (χ3v) is 4.24. The second kappa shape index (κ2) is 7.54. The molecule has 0 heterocycles. The first-order valence-electron chi connectivity index (χ1n) is 7.19. The summed E-state index contributed by atoms with van der Waals surface area (Å²) in [7, 11) is 0. The summed E-state index contributed by atoms with van der Waals surface area (Å²) in [6.07, 6.45) is 0. The summed E-state index contributed by atoms with van der Waals surface area (Å²) in [6, 6.07) is 13.7. The smallest absolute Gasteiger partial charge is 0.269 e. The standard InChI is InChI=1S/C17H17IN2O3/c1-11(2)16(12-3-9-15(10-4-12)20(22)23)17(21)19-14-7-5-13(18)6-8-14/h3-11,16H,1-2H3,(H,19,21). The Balaban J connectivity index is 2.21. The van der Waals surface area contributed by atoms with Crippen LogP contribution in [0.15, 0.2) is 48.5 Å². The number of anilines is 1. The lowest BCUT2D eigenvalue weighted by Crippen LogP contribution is -2.25. The lowest BCUT2D eigenvalue weighted by molar-refractivity contribution is -0.384. The number of hydrogen-bond acceptors (Lipinski definition) is 3. The van der Waals surface area contributed by atoms with Crippen LogP contribution in [-0.2, 0) is 4.79 Å². The predicted molar refractivity (Wildman–Crippen MR) is 98.5 cm³/mol. The summed E-state index contributed by atoms with van der Waals surface area (Å²) in [4.78, 5) is 22.9. The summed E-state index contributed by atoms with van der Waals surface area (Å²) in [6.45, 7) is 3.92. The van der Waals surface area contributed by atoms with E-state index >= 15 is 0 Å². The van der Waals surface area contributed by atoms with Crippen LogP contribution in [0, 0.1) is 19.6 Å². The van der Waals surface area contributed by atoms with Crippen LogP contribution in [0.25, 0.3) is 0 Å². The van der Waals surface area contributed by atoms with Gasteiger partial charge in [-0.3, -0.25) is 14.9 Å². The second-order valence-corrected chi connectivity index (χ2v) is 6.81. The first kappa shape index (κ1) is 17.4. The van der Waals surface area contributed by atoms with E-state index in [1.54, 1.807) is 12.1 Å². The number of carbonyl (C=O) groups is 1. The number of nitro benzene ring substituents is 1. The fourth-order valence-corrected chi connectivity index (χ4v) is 2.76. The van der Waals surface area contributed by atoms with Crippen LogP contribution in [0.3, 0.4) is 0 Å². The summed E-state index contributed by atoms with van der Waals surface area (Å²) in [5.41, 5.74) is 1.53. The third kappa shape index (κ3) is 4.51. The molecule has 1 amide bonds. The highest BCUT2D eigenvalue weighted by Crippen LogP contribution is 2.28. The highest BCUT2D eigenvalue weighted by molar-refractivity contribution is 14.1. The van der Waals surface area contributed by atoms with E-state index in [9.17, 15) is 14.9 Å². The molecule has 2 rings (SSSR count). The van der Waals surface area contributed by atoms with Gasteiger partial charge < -0.3 is 5.32 Å². The van der Waals surface area contributed by atoms with Gasteiger partial charge in [-0.2, -0.15) is 0 Å². The minimum Gasteiger partial charge on any atom is -0.326 e. The Labute approximate surface area is 148 Å². The Morgan fingerprint density at radius 1 is 1.09 bits per heavy atom. The van der Waals surface area contributed by atoms with E-state index in [0.717, 1.165) is 14.8 Å². The van der Waals surface area contributed by atoms with Crippen LogP contribution in [0.2, 0.25) is 0 Å². The molecule has 0 aromatic heterocycles. The van der Waals surface area contributed by atoms with Crippen molar-refractivity contribution in [3.05, 3.63) is 67.8 Å². The Morgan fingerprint density at radius 2 is 1.65 bits per heavy atom. The van der Waals surface area contributed by atoms with E-state index in [1.807, 2.05) is 38.1 Å². The number of hydrogen-bond donors (Lipinski definition) is 1. The molecule has 0 aliphatic carbocycles. The van der Waals surface area contributed by atoms with Gasteiger partial charge in [0.25, 0.3) is 5.69 Å². The van der Waals surface area contributed by atoms with E-state index in [2.05, 4.69) is 27.9 Å². The number of rotatable bonds is 5. The monoisotopic (exact) mass is 424 g/mol. The minimum absolute atomic E-state index is 0.0225. The summed E-state index contributed by atoms with van der Waals surface area (Å²) < 4.78 is 1.09. The molecule has 0 bridgehead atoms. The van der Waals surface area contributed by atoms with Gasteiger partial charge in [-0.25, -0.2) is 0 Å². The Bertz CT molecular complexity index is 697. The predicted octanol–water partition coefficient (Wildman–Crippen LogP) is 4.58. The molecule has 0 fully saturated rings. The molecule has 23 heavy (non-hydrogen) atoms. The number of halogens is 1. The van der Waals surface area contributed by atoms with Crippen molar-refractivity contribution in [1.29, 1.82) is 0 Å². The van der Waals surface area contributed by atoms with Gasteiger partial charge in [0.2, 0.25) is 5.91 Å². The van der Waals surface area contributed by atoms with E-state index in [-0.39, 0.29) is 23.4 Å². The molecule has 0 aliphatic heterocycles. The topological polar surface area (TPSA) is 72.2 Å². The summed E-state index contributed by atoms with van der Waals surface area (Å²) in [5, 5.41) is 13.7. The van der Waals surface area contributed by atoms with E-state index in [1.165, 1.54) is 12.1 Å². The largest absolute Gasteiger partial charge is 0.326 e. The number of nitro groups is 1. The molecule has 2 aromatic rings. The molecule has 0 aliphatic rings. The van der Waals surface area contributed by atoms with Gasteiger partial charge in [0.15, 0.2) is 0 Å². The van der Waals surface area contributed by atoms with E-state index < -0.39 is 4.92 Å². The van der Waals surface area contributed by atoms with Crippen molar-refractivity contribution in [3.63, 3.8) is 0 Å². The summed E-state index contributed by atoms with van der Waals surface area (Å²) in [5.74, 6) is -0.412. The number of carbonyl (C=O) groups excluding carboxylic acids is 1. The number of benzene rings is 2. The van der Waals surface area contributed by atoms with Crippen molar-refractivity contribution in [2.24, 2.45) is 5.92 Å². The van der Waals surface area contributed by atoms with E-state index in [0.29, 0.717) is 0 Å². The molecule has 0 saturated heterocycles. The molecule has 0 saturated carbocycles. The molecule has 120 valence electrons. The average Bonchev–Trinajstić information content (AvgIpc) is 2.50. The van der Waals surface area contributed by atoms with Crippen LogP contribution < -0.4 is 5.32 Å². The molecule has 0 radical (unpaired) electrons. The zero-order chi connectivity index (χ0) is 17.0. The van der Waals surface area contributed by atoms with Crippen LogP contribution in [-0.4, -0.2) is 10.8 Å². The number of non-ortho nitro benzene ring substituents is 1. The van der Waals surface area contributed by atoms with Crippen molar-refractivity contribution >= 4 is 39.9 Å². The third-order valence-electron chi connectivity index (χ3n) is 3.52. The van der Waals surface area contributed by atoms with Gasteiger partial charge in [-0.15, -0.1) is 0 Å². The molecule has 0 spiro atoms. The molecule has 2 aromatic carbocycles. The number of nitrogens with one attached hydrogen (secondary N) is 1. The Morgan fingerprint density at radius 3 is 2.13 bits per heavy atom. The van der Waals surface area contributed by atoms with Crippen LogP contribution in [0.5, 0.6) is 0 Å². The highest BCUT2D eigenvalue weighted by Gasteiger charge is 2.24. The number of nitrogens with zero attached hydrogens (tertiary/aromatic N) is 1. The Kier molecular flexibility index (Phi) is 5.70. The van der Waals surface area contributed by atoms with Crippen LogP contribution in [0.1, 0.15) is 25.3 Å². The first-order chi connectivity index (χ1) is 10.9. The second-order valence-electron chi connectivity index (χ2n) is 5.57. The van der Waals surface area contributed by atoms with Crippen molar-refractivity contribution < 1.29 is 9.72 Å². The van der Waals surface area contributed by atoms with Gasteiger partial charge >= 0.3 is 0 Å². The lowest BCUT2D eigenvalue weighted by Gasteiger charge is -2.20. The van der Waals surface area contributed by atoms with Gasteiger partial charge in [0, 0.05) is 21.4 Å².